The van der Waals surface area contributed by atoms with Gasteiger partial charge in [-0.05, 0) is 29.2 Å². The number of rotatable bonds is 4. The minimum Gasteiger partial charge on any atom is -0.334 e. The topological polar surface area (TPSA) is 66.9 Å². The summed E-state index contributed by atoms with van der Waals surface area (Å²) < 4.78 is 3.83. The molecule has 1 aromatic heterocycles. The average Bonchev–Trinajstić information content (AvgIpc) is 3.09. The van der Waals surface area contributed by atoms with Gasteiger partial charge >= 0.3 is 6.03 Å². The van der Waals surface area contributed by atoms with Crippen molar-refractivity contribution in [2.75, 3.05) is 5.32 Å². The summed E-state index contributed by atoms with van der Waals surface area (Å²) in [6, 6.07) is 17.0. The molecule has 0 atom stereocenters. The fourth-order valence-electron chi connectivity index (χ4n) is 1.97. The normalized spacial score (nSPS) is 10.2. The quantitative estimate of drug-likeness (QED) is 0.774. The van der Waals surface area contributed by atoms with Gasteiger partial charge in [-0.1, -0.05) is 47.0 Å². The number of urea groups is 1. The summed E-state index contributed by atoms with van der Waals surface area (Å²) in [6.45, 7) is 0.495. The van der Waals surface area contributed by atoms with Crippen molar-refractivity contribution in [3.8, 4) is 11.3 Å². The third kappa shape index (κ3) is 3.67. The van der Waals surface area contributed by atoms with Crippen molar-refractivity contribution < 1.29 is 4.79 Å². The van der Waals surface area contributed by atoms with E-state index in [4.69, 9.17) is 0 Å². The second-order valence-corrected chi connectivity index (χ2v) is 5.27. The summed E-state index contributed by atoms with van der Waals surface area (Å²) in [6.07, 6.45) is 0. The van der Waals surface area contributed by atoms with Crippen LogP contribution in [0.15, 0.2) is 60.0 Å². The van der Waals surface area contributed by atoms with Gasteiger partial charge in [0, 0.05) is 23.2 Å². The molecule has 2 amide bonds. The van der Waals surface area contributed by atoms with E-state index >= 15 is 0 Å². The van der Waals surface area contributed by atoms with Crippen LogP contribution in [-0.2, 0) is 6.54 Å². The van der Waals surface area contributed by atoms with Crippen molar-refractivity contribution >= 4 is 23.3 Å². The zero-order valence-electron chi connectivity index (χ0n) is 11.7. The Kier molecular flexibility index (Phi) is 4.41. The van der Waals surface area contributed by atoms with Gasteiger partial charge in [0.15, 0.2) is 0 Å². The number of nitrogens with zero attached hydrogens (tertiary/aromatic N) is 2. The van der Waals surface area contributed by atoms with Gasteiger partial charge < -0.3 is 10.6 Å². The van der Waals surface area contributed by atoms with Gasteiger partial charge in [0.1, 0.15) is 5.69 Å². The van der Waals surface area contributed by atoms with Crippen LogP contribution in [0.5, 0.6) is 0 Å². The molecule has 22 heavy (non-hydrogen) atoms. The number of nitrogens with one attached hydrogen (secondary N) is 2. The maximum Gasteiger partial charge on any atom is 0.319 e. The highest BCUT2D eigenvalue weighted by Crippen LogP contribution is 2.19. The molecule has 5 nitrogen and oxygen atoms in total. The van der Waals surface area contributed by atoms with Crippen LogP contribution in [0.2, 0.25) is 0 Å². The standard InChI is InChI=1S/C16H14N4OS/c21-16(17-10-12-4-2-1-3-5-12)18-14-8-6-13(7-9-14)15-11-22-20-19-15/h1-9,11H,10H2,(H2,17,18,21). The van der Waals surface area contributed by atoms with E-state index in [-0.39, 0.29) is 6.03 Å². The Labute approximate surface area is 132 Å². The van der Waals surface area contributed by atoms with Gasteiger partial charge in [0.05, 0.1) is 0 Å². The smallest absolute Gasteiger partial charge is 0.319 e. The Morgan fingerprint density at radius 1 is 1.05 bits per heavy atom. The molecular weight excluding hydrogens is 296 g/mol. The number of anilines is 1. The predicted octanol–water partition coefficient (Wildman–Crippen LogP) is 3.53. The lowest BCUT2D eigenvalue weighted by atomic mass is 10.1. The third-order valence-corrected chi connectivity index (χ3v) is 3.60. The lowest BCUT2D eigenvalue weighted by Gasteiger charge is -2.08. The highest BCUT2D eigenvalue weighted by atomic mass is 32.1. The number of carbonyl (C=O) groups excluding carboxylic acids is 1. The maximum absolute atomic E-state index is 11.9. The molecule has 1 heterocycles. The van der Waals surface area contributed by atoms with E-state index in [1.165, 1.54) is 11.5 Å². The molecule has 0 fully saturated rings. The lowest BCUT2D eigenvalue weighted by molar-refractivity contribution is 0.251. The van der Waals surface area contributed by atoms with Gasteiger partial charge in [-0.3, -0.25) is 0 Å². The Bertz CT molecular complexity index is 727. The van der Waals surface area contributed by atoms with Gasteiger partial charge in [0.25, 0.3) is 0 Å². The van der Waals surface area contributed by atoms with Crippen molar-refractivity contribution in [2.45, 2.75) is 6.54 Å². The molecule has 0 spiro atoms. The molecule has 0 saturated heterocycles. The number of carbonyl (C=O) groups is 1. The number of aromatic nitrogens is 2. The van der Waals surface area contributed by atoms with Gasteiger partial charge in [0.2, 0.25) is 0 Å². The number of amides is 2. The maximum atomic E-state index is 11.9. The number of benzene rings is 2. The second-order valence-electron chi connectivity index (χ2n) is 4.66. The minimum atomic E-state index is -0.230. The third-order valence-electron chi connectivity index (χ3n) is 3.09. The fourth-order valence-corrected chi connectivity index (χ4v) is 2.43. The van der Waals surface area contributed by atoms with Crippen LogP contribution < -0.4 is 10.6 Å². The first-order valence-corrected chi connectivity index (χ1v) is 7.61. The Morgan fingerprint density at radius 3 is 2.50 bits per heavy atom. The predicted molar refractivity (Wildman–Crippen MR) is 87.6 cm³/mol. The summed E-state index contributed by atoms with van der Waals surface area (Å²) in [5.41, 5.74) is 3.61. The van der Waals surface area contributed by atoms with E-state index in [1.807, 2.05) is 60.0 Å². The van der Waals surface area contributed by atoms with Crippen LogP contribution in [-0.4, -0.2) is 15.6 Å². The lowest BCUT2D eigenvalue weighted by Crippen LogP contribution is -2.28. The summed E-state index contributed by atoms with van der Waals surface area (Å²) >= 11 is 1.31. The summed E-state index contributed by atoms with van der Waals surface area (Å²) in [7, 11) is 0. The van der Waals surface area contributed by atoms with Crippen LogP contribution in [0.4, 0.5) is 10.5 Å². The molecule has 0 aliphatic heterocycles. The van der Waals surface area contributed by atoms with Crippen molar-refractivity contribution in [3.63, 3.8) is 0 Å². The van der Waals surface area contributed by atoms with E-state index in [0.717, 1.165) is 22.5 Å². The molecule has 2 aromatic carbocycles. The van der Waals surface area contributed by atoms with E-state index < -0.39 is 0 Å². The van der Waals surface area contributed by atoms with Crippen LogP contribution in [0.3, 0.4) is 0 Å². The summed E-state index contributed by atoms with van der Waals surface area (Å²) in [4.78, 5) is 11.9. The molecule has 0 aliphatic carbocycles. The van der Waals surface area contributed by atoms with Crippen LogP contribution >= 0.6 is 11.5 Å². The van der Waals surface area contributed by atoms with Crippen LogP contribution in [0, 0.1) is 0 Å². The monoisotopic (exact) mass is 310 g/mol. The Morgan fingerprint density at radius 2 is 1.82 bits per heavy atom. The van der Waals surface area contributed by atoms with Gasteiger partial charge in [-0.15, -0.1) is 5.10 Å². The zero-order chi connectivity index (χ0) is 15.2. The first-order valence-electron chi connectivity index (χ1n) is 6.77. The summed E-state index contributed by atoms with van der Waals surface area (Å²) in [5, 5.41) is 11.5. The SMILES string of the molecule is O=C(NCc1ccccc1)Nc1ccc(-c2csnn2)cc1. The highest BCUT2D eigenvalue weighted by Gasteiger charge is 2.04. The van der Waals surface area contributed by atoms with E-state index in [2.05, 4.69) is 20.2 Å². The van der Waals surface area contributed by atoms with Crippen molar-refractivity contribution in [3.05, 3.63) is 65.5 Å². The molecule has 110 valence electrons. The molecule has 0 unspecified atom stereocenters. The average molecular weight is 310 g/mol. The molecule has 2 N–H and O–H groups in total. The zero-order valence-corrected chi connectivity index (χ0v) is 12.5. The molecule has 0 radical (unpaired) electrons. The van der Waals surface area contributed by atoms with E-state index in [0.29, 0.717) is 6.54 Å². The first kappa shape index (κ1) is 14.2. The first-order chi connectivity index (χ1) is 10.8. The molecule has 0 aliphatic rings. The van der Waals surface area contributed by atoms with E-state index in [9.17, 15) is 4.79 Å². The number of hydrogen-bond donors (Lipinski definition) is 2. The van der Waals surface area contributed by atoms with Crippen LogP contribution in [0.1, 0.15) is 5.56 Å². The van der Waals surface area contributed by atoms with Crippen molar-refractivity contribution in [1.29, 1.82) is 0 Å². The fraction of sp³-hybridized carbons (Fsp3) is 0.0625. The summed E-state index contributed by atoms with van der Waals surface area (Å²) in [5.74, 6) is 0. The van der Waals surface area contributed by atoms with E-state index in [1.54, 1.807) is 0 Å². The molecule has 6 heteroatoms. The molecular formula is C16H14N4OS. The van der Waals surface area contributed by atoms with Crippen molar-refractivity contribution in [1.82, 2.24) is 14.9 Å². The van der Waals surface area contributed by atoms with Gasteiger partial charge in [-0.2, -0.15) is 0 Å². The van der Waals surface area contributed by atoms with Gasteiger partial charge in [-0.25, -0.2) is 4.79 Å². The Hall–Kier alpha value is -2.73. The van der Waals surface area contributed by atoms with Crippen molar-refractivity contribution in [2.24, 2.45) is 0 Å². The molecule has 3 aromatic rings. The Balaban J connectivity index is 1.55. The molecule has 0 bridgehead atoms. The highest BCUT2D eigenvalue weighted by molar-refractivity contribution is 7.03. The number of hydrogen-bond acceptors (Lipinski definition) is 4. The molecule has 3 rings (SSSR count). The molecule has 0 saturated carbocycles. The second kappa shape index (κ2) is 6.82. The minimum absolute atomic E-state index is 0.230. The van der Waals surface area contributed by atoms with Crippen LogP contribution in [0.25, 0.3) is 11.3 Å². The largest absolute Gasteiger partial charge is 0.334 e.